The lowest BCUT2D eigenvalue weighted by Crippen LogP contribution is -2.51. The third-order valence-electron chi connectivity index (χ3n) is 10.7. The van der Waals surface area contributed by atoms with Crippen molar-refractivity contribution in [3.8, 4) is 11.1 Å². The highest BCUT2D eigenvalue weighted by atomic mass is 19.4. The van der Waals surface area contributed by atoms with E-state index in [1.165, 1.54) is 21.7 Å². The van der Waals surface area contributed by atoms with Crippen LogP contribution in [0.2, 0.25) is 0 Å². The molecule has 3 aromatic rings. The molecular formula is C39H44F4N8O7. The number of alkyl halides is 3. The molecule has 19 heteroatoms. The standard InChI is InChI=1S/C39H44F4N8O7/c1-24(39(41,42)43)50(19-25-5-8-29(40)9-6-25)35(56)23-51-36(57)38(47-37(51)58)13-11-27-16-26(7-10-31(27)38)28-17-46-49(20-28)22-33(54)44-14-3-2-4-32(53)45-18-34(55)48-15-12-30(52)21-48/h5-10,16-17,20,24,30,52H,2-4,11-15,18-19,21-23H2,1H3,(H,44,54)(H,45,53)(H,47,58)/t24-,30+,38-/m0/s1. The Morgan fingerprint density at radius 2 is 1.79 bits per heavy atom. The molecule has 58 heavy (non-hydrogen) atoms. The number of rotatable bonds is 15. The van der Waals surface area contributed by atoms with Crippen LogP contribution in [0.5, 0.6) is 0 Å². The fourth-order valence-corrected chi connectivity index (χ4v) is 7.39. The zero-order valence-corrected chi connectivity index (χ0v) is 31.7. The first-order valence-corrected chi connectivity index (χ1v) is 18.9. The highest BCUT2D eigenvalue weighted by Gasteiger charge is 2.56. The summed E-state index contributed by atoms with van der Waals surface area (Å²) in [6.07, 6.45) is 0.198. The molecule has 1 aliphatic carbocycles. The topological polar surface area (TPSA) is 186 Å². The molecule has 0 saturated carbocycles. The number of nitrogens with zero attached hydrogens (tertiary/aromatic N) is 5. The maximum Gasteiger partial charge on any atom is 0.408 e. The van der Waals surface area contributed by atoms with Crippen LogP contribution in [0.25, 0.3) is 11.1 Å². The van der Waals surface area contributed by atoms with Crippen LogP contribution in [0, 0.1) is 5.82 Å². The number of hydrogen-bond donors (Lipinski definition) is 4. The Hall–Kier alpha value is -5.85. The number of aliphatic hydroxyl groups excluding tert-OH is 1. The average molecular weight is 813 g/mol. The highest BCUT2D eigenvalue weighted by Crippen LogP contribution is 2.43. The zero-order chi connectivity index (χ0) is 41.8. The summed E-state index contributed by atoms with van der Waals surface area (Å²) in [6.45, 7) is 0.218. The second-order valence-electron chi connectivity index (χ2n) is 14.8. The van der Waals surface area contributed by atoms with E-state index in [1.807, 2.05) is 6.07 Å². The van der Waals surface area contributed by atoms with Crippen LogP contribution in [0.15, 0.2) is 54.9 Å². The fourth-order valence-electron chi connectivity index (χ4n) is 7.39. The van der Waals surface area contributed by atoms with Gasteiger partial charge in [-0.05, 0) is 73.4 Å². The number of aromatic nitrogens is 2. The number of carbonyl (C=O) groups is 6. The van der Waals surface area contributed by atoms with Crippen molar-refractivity contribution in [2.45, 2.75) is 82.4 Å². The summed E-state index contributed by atoms with van der Waals surface area (Å²) >= 11 is 0. The summed E-state index contributed by atoms with van der Waals surface area (Å²) < 4.78 is 56.3. The van der Waals surface area contributed by atoms with Crippen LogP contribution in [0.4, 0.5) is 22.4 Å². The molecule has 6 rings (SSSR count). The van der Waals surface area contributed by atoms with Gasteiger partial charge < -0.3 is 30.9 Å². The van der Waals surface area contributed by atoms with Gasteiger partial charge in [0.15, 0.2) is 0 Å². The quantitative estimate of drug-likeness (QED) is 0.102. The monoisotopic (exact) mass is 812 g/mol. The van der Waals surface area contributed by atoms with Gasteiger partial charge in [0.05, 0.1) is 18.8 Å². The minimum Gasteiger partial charge on any atom is -0.391 e. The van der Waals surface area contributed by atoms with Crippen LogP contribution in [0.1, 0.15) is 55.7 Å². The van der Waals surface area contributed by atoms with Gasteiger partial charge in [0, 0.05) is 44.4 Å². The van der Waals surface area contributed by atoms with E-state index in [2.05, 4.69) is 21.0 Å². The number of fused-ring (bicyclic) bond motifs is 2. The predicted octanol–water partition coefficient (Wildman–Crippen LogP) is 2.36. The summed E-state index contributed by atoms with van der Waals surface area (Å²) in [5, 5.41) is 21.9. The third-order valence-corrected chi connectivity index (χ3v) is 10.7. The molecule has 310 valence electrons. The van der Waals surface area contributed by atoms with Crippen LogP contribution in [-0.2, 0) is 49.0 Å². The molecule has 1 aromatic heterocycles. The van der Waals surface area contributed by atoms with E-state index in [1.54, 1.807) is 24.5 Å². The van der Waals surface area contributed by atoms with Gasteiger partial charge in [-0.1, -0.05) is 30.3 Å². The van der Waals surface area contributed by atoms with Crippen molar-refractivity contribution < 1.29 is 51.4 Å². The summed E-state index contributed by atoms with van der Waals surface area (Å²) in [4.78, 5) is 79.8. The molecule has 15 nitrogen and oxygen atoms in total. The number of aryl methyl sites for hydroxylation is 1. The first-order valence-electron chi connectivity index (χ1n) is 18.9. The maximum atomic E-state index is 13.8. The molecule has 3 aliphatic rings. The number of β-amino-alcohol motifs (C(OH)–C–C–N with tert-alkyl or cyclic N) is 1. The summed E-state index contributed by atoms with van der Waals surface area (Å²) in [5.41, 5.74) is 1.36. The van der Waals surface area contributed by atoms with Gasteiger partial charge in [0.2, 0.25) is 23.6 Å². The van der Waals surface area contributed by atoms with Gasteiger partial charge >= 0.3 is 12.2 Å². The number of nitrogens with one attached hydrogen (secondary N) is 3. The van der Waals surface area contributed by atoms with E-state index in [0.717, 1.165) is 30.2 Å². The highest BCUT2D eigenvalue weighted by molar-refractivity contribution is 6.10. The molecule has 1 spiro atoms. The van der Waals surface area contributed by atoms with Crippen LogP contribution in [0.3, 0.4) is 0 Å². The molecule has 0 radical (unpaired) electrons. The SMILES string of the molecule is C[C@H](N(Cc1ccc(F)cc1)C(=O)CN1C(=O)N[C@]2(CCc3cc(-c4cnn(CC(=O)NCCCCC(=O)NCC(=O)N5CC[C@@H](O)C5)c4)ccc32)C1=O)C(F)(F)F. The summed E-state index contributed by atoms with van der Waals surface area (Å²) in [6, 6.07) is 6.67. The molecule has 2 fully saturated rings. The Labute approximate surface area is 330 Å². The Kier molecular flexibility index (Phi) is 12.5. The van der Waals surface area contributed by atoms with Crippen LogP contribution < -0.4 is 16.0 Å². The van der Waals surface area contributed by atoms with Crippen LogP contribution >= 0.6 is 0 Å². The van der Waals surface area contributed by atoms with E-state index in [-0.39, 0.29) is 55.8 Å². The van der Waals surface area contributed by atoms with E-state index < -0.39 is 60.6 Å². The molecule has 0 unspecified atom stereocenters. The lowest BCUT2D eigenvalue weighted by molar-refractivity contribution is -0.187. The number of unbranched alkanes of at least 4 members (excludes halogenated alkanes) is 1. The van der Waals surface area contributed by atoms with E-state index in [0.29, 0.717) is 59.7 Å². The van der Waals surface area contributed by atoms with Gasteiger partial charge in [0.25, 0.3) is 5.91 Å². The molecular weight excluding hydrogens is 768 g/mol. The van der Waals surface area contributed by atoms with Gasteiger partial charge in [-0.2, -0.15) is 18.3 Å². The number of imide groups is 1. The Morgan fingerprint density at radius 3 is 2.50 bits per heavy atom. The smallest absolute Gasteiger partial charge is 0.391 e. The minimum absolute atomic E-state index is 0.0694. The summed E-state index contributed by atoms with van der Waals surface area (Å²) in [5.74, 6) is -3.28. The third kappa shape index (κ3) is 9.46. The maximum absolute atomic E-state index is 13.8. The Bertz CT molecular complexity index is 2060. The predicted molar refractivity (Wildman–Crippen MR) is 197 cm³/mol. The van der Waals surface area contributed by atoms with Crippen molar-refractivity contribution in [1.29, 1.82) is 0 Å². The number of likely N-dealkylation sites (tertiary alicyclic amines) is 1. The molecule has 2 saturated heterocycles. The molecule has 0 bridgehead atoms. The van der Waals surface area contributed by atoms with E-state index in [9.17, 15) is 51.4 Å². The zero-order valence-electron chi connectivity index (χ0n) is 31.7. The molecule has 3 heterocycles. The van der Waals surface area contributed by atoms with E-state index in [4.69, 9.17) is 0 Å². The molecule has 2 aromatic carbocycles. The van der Waals surface area contributed by atoms with Gasteiger partial charge in [-0.3, -0.25) is 33.6 Å². The van der Waals surface area contributed by atoms with Crippen molar-refractivity contribution in [1.82, 2.24) is 40.4 Å². The van der Waals surface area contributed by atoms with Crippen molar-refractivity contribution >= 4 is 35.6 Å². The normalized spacial score (nSPS) is 19.3. The van der Waals surface area contributed by atoms with Gasteiger partial charge in [0.1, 0.15) is 30.5 Å². The molecule has 3 atom stereocenters. The molecule has 2 aliphatic heterocycles. The number of amides is 7. The number of carbonyl (C=O) groups excluding carboxylic acids is 6. The fraction of sp³-hybridized carbons (Fsp3) is 0.462. The van der Waals surface area contributed by atoms with Crippen LogP contribution in [-0.4, -0.2) is 116 Å². The first kappa shape index (κ1) is 41.8. The van der Waals surface area contributed by atoms with Crippen molar-refractivity contribution in [3.63, 3.8) is 0 Å². The summed E-state index contributed by atoms with van der Waals surface area (Å²) in [7, 11) is 0. The van der Waals surface area contributed by atoms with E-state index >= 15 is 0 Å². The van der Waals surface area contributed by atoms with Gasteiger partial charge in [-0.25, -0.2) is 9.18 Å². The second kappa shape index (κ2) is 17.3. The number of halogens is 4. The van der Waals surface area contributed by atoms with Crippen molar-refractivity contribution in [3.05, 3.63) is 77.4 Å². The van der Waals surface area contributed by atoms with Crippen molar-refractivity contribution in [2.75, 3.05) is 32.7 Å². The lowest BCUT2D eigenvalue weighted by Gasteiger charge is -2.32. The number of hydrogen-bond acceptors (Lipinski definition) is 8. The largest absolute Gasteiger partial charge is 0.408 e. The average Bonchev–Trinajstić information content (AvgIpc) is 3.97. The van der Waals surface area contributed by atoms with Gasteiger partial charge in [-0.15, -0.1) is 0 Å². The number of aliphatic hydroxyl groups is 1. The minimum atomic E-state index is -4.81. The first-order chi connectivity index (χ1) is 27.5. The number of urea groups is 1. The Morgan fingerprint density at radius 1 is 1.03 bits per heavy atom. The second-order valence-corrected chi connectivity index (χ2v) is 14.8. The molecule has 7 amide bonds. The lowest BCUT2D eigenvalue weighted by atomic mass is 9.90. The Balaban J connectivity index is 0.996. The molecule has 4 N–H and O–H groups in total. The number of benzene rings is 2. The van der Waals surface area contributed by atoms with Crippen molar-refractivity contribution in [2.24, 2.45) is 0 Å².